The summed E-state index contributed by atoms with van der Waals surface area (Å²) in [6.07, 6.45) is 1.03. The minimum Gasteiger partial charge on any atom is -0.481 e. The zero-order valence-electron chi connectivity index (χ0n) is 14.0. The maximum atomic E-state index is 11.0. The Morgan fingerprint density at radius 1 is 1.24 bits per heavy atom. The molecule has 0 saturated carbocycles. The normalized spacial score (nSPS) is 13.4. The quantitative estimate of drug-likeness (QED) is 0.828. The van der Waals surface area contributed by atoms with Crippen LogP contribution in [0.15, 0.2) is 24.3 Å². The lowest BCUT2D eigenvalue weighted by Gasteiger charge is -2.24. The summed E-state index contributed by atoms with van der Waals surface area (Å²) in [4.78, 5) is 13.2. The van der Waals surface area contributed by atoms with Crippen LogP contribution in [0.3, 0.4) is 0 Å². The molecule has 1 unspecified atom stereocenters. The average Bonchev–Trinajstić information content (AvgIpc) is 2.38. The lowest BCUT2D eigenvalue weighted by atomic mass is 9.87. The summed E-state index contributed by atoms with van der Waals surface area (Å²) in [6.45, 7) is 12.9. The maximum absolute atomic E-state index is 11.0. The molecule has 1 aromatic carbocycles. The Bertz CT molecular complexity index is 445. The molecule has 3 nitrogen and oxygen atoms in total. The topological polar surface area (TPSA) is 40.5 Å². The van der Waals surface area contributed by atoms with Crippen molar-refractivity contribution >= 4 is 5.97 Å². The minimum atomic E-state index is -0.723. The molecule has 0 bridgehead atoms. The Hall–Kier alpha value is -1.35. The number of hydrogen-bond donors (Lipinski definition) is 1. The molecule has 3 heteroatoms. The summed E-state index contributed by atoms with van der Waals surface area (Å²) in [7, 11) is 0. The highest BCUT2D eigenvalue weighted by Gasteiger charge is 2.17. The maximum Gasteiger partial charge on any atom is 0.307 e. The first kappa shape index (κ1) is 17.7. The van der Waals surface area contributed by atoms with Gasteiger partial charge >= 0.3 is 5.97 Å². The monoisotopic (exact) mass is 291 g/mol. The van der Waals surface area contributed by atoms with Crippen molar-refractivity contribution in [3.8, 4) is 0 Å². The highest BCUT2D eigenvalue weighted by atomic mass is 16.4. The van der Waals surface area contributed by atoms with Gasteiger partial charge in [-0.15, -0.1) is 0 Å². The molecule has 0 heterocycles. The second-order valence-corrected chi connectivity index (χ2v) is 6.92. The Morgan fingerprint density at radius 2 is 1.81 bits per heavy atom. The van der Waals surface area contributed by atoms with Crippen molar-refractivity contribution in [3.63, 3.8) is 0 Å². The van der Waals surface area contributed by atoms with Crippen LogP contribution >= 0.6 is 0 Å². The summed E-state index contributed by atoms with van der Waals surface area (Å²) in [5.41, 5.74) is 2.74. The summed E-state index contributed by atoms with van der Waals surface area (Å²) in [6, 6.07) is 8.68. The Morgan fingerprint density at radius 3 is 2.24 bits per heavy atom. The van der Waals surface area contributed by atoms with Crippen LogP contribution in [0.5, 0.6) is 0 Å². The van der Waals surface area contributed by atoms with E-state index < -0.39 is 5.97 Å². The van der Waals surface area contributed by atoms with Gasteiger partial charge in [0.25, 0.3) is 0 Å². The van der Waals surface area contributed by atoms with Crippen LogP contribution in [0.4, 0.5) is 0 Å². The molecule has 0 aromatic heterocycles. The van der Waals surface area contributed by atoms with Gasteiger partial charge in [0, 0.05) is 13.1 Å². The van der Waals surface area contributed by atoms with Gasteiger partial charge < -0.3 is 5.11 Å². The molecule has 0 spiro atoms. The van der Waals surface area contributed by atoms with Gasteiger partial charge in [-0.3, -0.25) is 9.69 Å². The molecule has 1 N–H and O–H groups in total. The van der Waals surface area contributed by atoms with E-state index in [0.29, 0.717) is 6.54 Å². The first-order valence-electron chi connectivity index (χ1n) is 7.78. The van der Waals surface area contributed by atoms with Crippen LogP contribution in [0.25, 0.3) is 0 Å². The van der Waals surface area contributed by atoms with E-state index in [1.54, 1.807) is 6.92 Å². The molecule has 0 fully saturated rings. The lowest BCUT2D eigenvalue weighted by molar-refractivity contribution is -0.141. The molecule has 0 radical (unpaired) electrons. The van der Waals surface area contributed by atoms with E-state index in [-0.39, 0.29) is 11.3 Å². The van der Waals surface area contributed by atoms with Crippen LogP contribution in [-0.4, -0.2) is 29.1 Å². The van der Waals surface area contributed by atoms with Crippen LogP contribution in [-0.2, 0) is 16.8 Å². The molecule has 0 aliphatic heterocycles. The van der Waals surface area contributed by atoms with Gasteiger partial charge in [-0.2, -0.15) is 0 Å². The van der Waals surface area contributed by atoms with Crippen molar-refractivity contribution in [2.45, 2.75) is 53.0 Å². The van der Waals surface area contributed by atoms with E-state index >= 15 is 0 Å². The Labute approximate surface area is 129 Å². The third-order valence-corrected chi connectivity index (χ3v) is 3.72. The summed E-state index contributed by atoms with van der Waals surface area (Å²) >= 11 is 0. The number of carboxylic acid groups (broad SMARTS) is 1. The van der Waals surface area contributed by atoms with Crippen LogP contribution in [0.2, 0.25) is 0 Å². The number of hydrogen-bond acceptors (Lipinski definition) is 2. The van der Waals surface area contributed by atoms with Crippen LogP contribution in [0, 0.1) is 5.92 Å². The third kappa shape index (κ3) is 5.88. The van der Waals surface area contributed by atoms with E-state index in [2.05, 4.69) is 56.9 Å². The fraction of sp³-hybridized carbons (Fsp3) is 0.611. The summed E-state index contributed by atoms with van der Waals surface area (Å²) in [5, 5.41) is 9.06. The second kappa shape index (κ2) is 7.60. The number of rotatable bonds is 7. The molecule has 1 rings (SSSR count). The van der Waals surface area contributed by atoms with Gasteiger partial charge in [0.2, 0.25) is 0 Å². The molecule has 0 amide bonds. The SMILES string of the molecule is CCCN(Cc1ccc(C(C)(C)C)cc1)CC(C)C(=O)O. The zero-order chi connectivity index (χ0) is 16.0. The molecule has 0 aliphatic rings. The zero-order valence-corrected chi connectivity index (χ0v) is 14.0. The first-order valence-corrected chi connectivity index (χ1v) is 7.78. The largest absolute Gasteiger partial charge is 0.481 e. The third-order valence-electron chi connectivity index (χ3n) is 3.72. The summed E-state index contributed by atoms with van der Waals surface area (Å²) < 4.78 is 0. The number of nitrogens with zero attached hydrogens (tertiary/aromatic N) is 1. The average molecular weight is 291 g/mol. The molecule has 1 aromatic rings. The standard InChI is InChI=1S/C18H29NO2/c1-6-11-19(12-14(2)17(20)21)13-15-7-9-16(10-8-15)18(3,4)5/h7-10,14H,6,11-13H2,1-5H3,(H,20,21). The van der Waals surface area contributed by atoms with Gasteiger partial charge in [-0.25, -0.2) is 0 Å². The summed E-state index contributed by atoms with van der Waals surface area (Å²) in [5.74, 6) is -1.05. The predicted molar refractivity (Wildman–Crippen MR) is 87.5 cm³/mol. The molecule has 0 saturated heterocycles. The molecular formula is C18H29NO2. The molecule has 21 heavy (non-hydrogen) atoms. The van der Waals surface area contributed by atoms with Gasteiger partial charge in [-0.05, 0) is 29.5 Å². The van der Waals surface area contributed by atoms with Crippen molar-refractivity contribution in [3.05, 3.63) is 35.4 Å². The number of carboxylic acids is 1. The van der Waals surface area contributed by atoms with E-state index in [0.717, 1.165) is 19.5 Å². The minimum absolute atomic E-state index is 0.166. The van der Waals surface area contributed by atoms with E-state index in [1.165, 1.54) is 11.1 Å². The van der Waals surface area contributed by atoms with Crippen molar-refractivity contribution in [2.75, 3.05) is 13.1 Å². The Balaban J connectivity index is 2.73. The molecule has 1 atom stereocenters. The van der Waals surface area contributed by atoms with Crippen molar-refractivity contribution in [1.82, 2.24) is 4.90 Å². The lowest BCUT2D eigenvalue weighted by Crippen LogP contribution is -2.32. The molecular weight excluding hydrogens is 262 g/mol. The van der Waals surface area contributed by atoms with Gasteiger partial charge in [0.05, 0.1) is 5.92 Å². The Kier molecular flexibility index (Phi) is 6.41. The highest BCUT2D eigenvalue weighted by molar-refractivity contribution is 5.69. The molecule has 0 aliphatic carbocycles. The van der Waals surface area contributed by atoms with Crippen LogP contribution < -0.4 is 0 Å². The fourth-order valence-corrected chi connectivity index (χ4v) is 2.38. The van der Waals surface area contributed by atoms with Crippen molar-refractivity contribution in [1.29, 1.82) is 0 Å². The van der Waals surface area contributed by atoms with Crippen LogP contribution in [0.1, 0.15) is 52.2 Å². The fourth-order valence-electron chi connectivity index (χ4n) is 2.38. The van der Waals surface area contributed by atoms with Gasteiger partial charge in [0.1, 0.15) is 0 Å². The van der Waals surface area contributed by atoms with Gasteiger partial charge in [-0.1, -0.05) is 58.9 Å². The predicted octanol–water partition coefficient (Wildman–Crippen LogP) is 3.92. The van der Waals surface area contributed by atoms with Gasteiger partial charge in [0.15, 0.2) is 0 Å². The highest BCUT2D eigenvalue weighted by Crippen LogP contribution is 2.22. The van der Waals surface area contributed by atoms with E-state index in [1.807, 2.05) is 0 Å². The van der Waals surface area contributed by atoms with Crippen molar-refractivity contribution < 1.29 is 9.90 Å². The molecule has 118 valence electrons. The first-order chi connectivity index (χ1) is 9.74. The number of carbonyl (C=O) groups is 1. The van der Waals surface area contributed by atoms with E-state index in [4.69, 9.17) is 5.11 Å². The van der Waals surface area contributed by atoms with E-state index in [9.17, 15) is 4.79 Å². The number of aliphatic carboxylic acids is 1. The number of benzene rings is 1. The smallest absolute Gasteiger partial charge is 0.307 e. The van der Waals surface area contributed by atoms with Crippen molar-refractivity contribution in [2.24, 2.45) is 5.92 Å². The second-order valence-electron chi connectivity index (χ2n) is 6.92.